The standard InChI is InChI=1S/C19H24N6O3/c1-13-10-17(24-23-13)21-19-15-3-2-14(11-16(15)20-18(12-26)22-19)28-9-6-25-4-7-27-8-5-25/h2-3,10-11,26H,4-9,12H2,1H3,(H2,20,21,22,23,24). The van der Waals surface area contributed by atoms with Gasteiger partial charge in [-0.2, -0.15) is 5.10 Å². The maximum absolute atomic E-state index is 9.53. The third-order valence-electron chi connectivity index (χ3n) is 4.59. The Kier molecular flexibility index (Phi) is 5.65. The largest absolute Gasteiger partial charge is 0.492 e. The quantitative estimate of drug-likeness (QED) is 0.564. The Balaban J connectivity index is 1.51. The molecule has 1 aliphatic heterocycles. The SMILES string of the molecule is Cc1cc(Nc2nc(CO)nc3cc(OCCN4CCOCC4)ccc23)n[nH]1. The number of rotatable bonds is 7. The van der Waals surface area contributed by atoms with Crippen molar-refractivity contribution in [3.05, 3.63) is 35.8 Å². The van der Waals surface area contributed by atoms with Crippen LogP contribution in [-0.2, 0) is 11.3 Å². The van der Waals surface area contributed by atoms with Crippen LogP contribution in [0, 0.1) is 6.92 Å². The minimum Gasteiger partial charge on any atom is -0.492 e. The highest BCUT2D eigenvalue weighted by molar-refractivity contribution is 5.91. The minimum atomic E-state index is -0.244. The van der Waals surface area contributed by atoms with E-state index < -0.39 is 0 Å². The summed E-state index contributed by atoms with van der Waals surface area (Å²) < 4.78 is 11.3. The second-order valence-electron chi connectivity index (χ2n) is 6.69. The van der Waals surface area contributed by atoms with Crippen molar-refractivity contribution >= 4 is 22.5 Å². The van der Waals surface area contributed by atoms with Crippen LogP contribution >= 0.6 is 0 Å². The van der Waals surface area contributed by atoms with Gasteiger partial charge in [0.05, 0.1) is 18.7 Å². The topological polar surface area (TPSA) is 108 Å². The van der Waals surface area contributed by atoms with Gasteiger partial charge >= 0.3 is 0 Å². The highest BCUT2D eigenvalue weighted by Crippen LogP contribution is 2.27. The van der Waals surface area contributed by atoms with Crippen LogP contribution < -0.4 is 10.1 Å². The minimum absolute atomic E-state index is 0.244. The number of hydrogen-bond donors (Lipinski definition) is 3. The number of aryl methyl sites for hydroxylation is 1. The molecule has 2 aromatic heterocycles. The molecule has 4 rings (SSSR count). The molecule has 0 saturated carbocycles. The number of ether oxygens (including phenoxy) is 2. The highest BCUT2D eigenvalue weighted by Gasteiger charge is 2.12. The lowest BCUT2D eigenvalue weighted by atomic mass is 10.2. The van der Waals surface area contributed by atoms with E-state index in [1.54, 1.807) is 0 Å². The summed E-state index contributed by atoms with van der Waals surface area (Å²) in [7, 11) is 0. The van der Waals surface area contributed by atoms with Gasteiger partial charge in [0, 0.05) is 42.8 Å². The van der Waals surface area contributed by atoms with Gasteiger partial charge in [0.1, 0.15) is 24.8 Å². The van der Waals surface area contributed by atoms with E-state index in [0.717, 1.165) is 49.7 Å². The first-order valence-corrected chi connectivity index (χ1v) is 9.35. The predicted molar refractivity (Wildman–Crippen MR) is 105 cm³/mol. The Hall–Kier alpha value is -2.75. The van der Waals surface area contributed by atoms with E-state index in [0.29, 0.717) is 29.6 Å². The monoisotopic (exact) mass is 384 g/mol. The van der Waals surface area contributed by atoms with Crippen LogP contribution in [0.15, 0.2) is 24.3 Å². The fourth-order valence-corrected chi connectivity index (χ4v) is 3.13. The summed E-state index contributed by atoms with van der Waals surface area (Å²) in [6, 6.07) is 7.58. The number of H-pyrrole nitrogens is 1. The Morgan fingerprint density at radius 1 is 1.25 bits per heavy atom. The normalized spacial score (nSPS) is 15.1. The summed E-state index contributed by atoms with van der Waals surface area (Å²) in [6.07, 6.45) is 0. The van der Waals surface area contributed by atoms with Crippen molar-refractivity contribution in [3.63, 3.8) is 0 Å². The molecular formula is C19H24N6O3. The average molecular weight is 384 g/mol. The first-order chi connectivity index (χ1) is 13.7. The Morgan fingerprint density at radius 3 is 2.86 bits per heavy atom. The Bertz CT molecular complexity index is 939. The Morgan fingerprint density at radius 2 is 2.11 bits per heavy atom. The lowest BCUT2D eigenvalue weighted by molar-refractivity contribution is 0.0322. The molecule has 1 aliphatic rings. The molecule has 0 radical (unpaired) electrons. The molecule has 148 valence electrons. The zero-order chi connectivity index (χ0) is 19.3. The number of aliphatic hydroxyl groups excluding tert-OH is 1. The second-order valence-corrected chi connectivity index (χ2v) is 6.69. The van der Waals surface area contributed by atoms with E-state index in [-0.39, 0.29) is 6.61 Å². The molecule has 0 atom stereocenters. The van der Waals surface area contributed by atoms with Crippen LogP contribution in [0.1, 0.15) is 11.5 Å². The lowest BCUT2D eigenvalue weighted by Gasteiger charge is -2.26. The number of nitrogens with zero attached hydrogens (tertiary/aromatic N) is 4. The van der Waals surface area contributed by atoms with Crippen LogP contribution in [0.4, 0.5) is 11.6 Å². The molecule has 3 aromatic rings. The van der Waals surface area contributed by atoms with Gasteiger partial charge in [0.15, 0.2) is 11.6 Å². The molecule has 1 fully saturated rings. The fourth-order valence-electron chi connectivity index (χ4n) is 3.13. The maximum Gasteiger partial charge on any atom is 0.156 e. The molecule has 3 N–H and O–H groups in total. The van der Waals surface area contributed by atoms with Crippen LogP contribution in [-0.4, -0.2) is 69.6 Å². The molecule has 28 heavy (non-hydrogen) atoms. The van der Waals surface area contributed by atoms with Crippen molar-refractivity contribution in [2.24, 2.45) is 0 Å². The number of nitrogens with one attached hydrogen (secondary N) is 2. The van der Waals surface area contributed by atoms with Gasteiger partial charge in [-0.1, -0.05) is 0 Å². The molecule has 0 amide bonds. The Labute approximate surface area is 162 Å². The molecule has 0 aliphatic carbocycles. The number of fused-ring (bicyclic) bond motifs is 1. The van der Waals surface area contributed by atoms with Crippen molar-refractivity contribution in [3.8, 4) is 5.75 Å². The average Bonchev–Trinajstić information content (AvgIpc) is 3.13. The molecule has 3 heterocycles. The van der Waals surface area contributed by atoms with Crippen molar-refractivity contribution in [2.75, 3.05) is 44.8 Å². The molecule has 1 saturated heterocycles. The summed E-state index contributed by atoms with van der Waals surface area (Å²) in [6.45, 7) is 6.58. The highest BCUT2D eigenvalue weighted by atomic mass is 16.5. The number of hydrogen-bond acceptors (Lipinski definition) is 8. The van der Waals surface area contributed by atoms with Crippen molar-refractivity contribution in [2.45, 2.75) is 13.5 Å². The first kappa shape index (κ1) is 18.6. The molecule has 9 heteroatoms. The van der Waals surface area contributed by atoms with Gasteiger partial charge in [-0.05, 0) is 19.1 Å². The van der Waals surface area contributed by atoms with E-state index in [4.69, 9.17) is 9.47 Å². The van der Waals surface area contributed by atoms with E-state index in [2.05, 4.69) is 30.4 Å². The van der Waals surface area contributed by atoms with Crippen molar-refractivity contribution in [1.29, 1.82) is 0 Å². The number of anilines is 2. The van der Waals surface area contributed by atoms with Crippen LogP contribution in [0.5, 0.6) is 5.75 Å². The van der Waals surface area contributed by atoms with Crippen LogP contribution in [0.2, 0.25) is 0 Å². The van der Waals surface area contributed by atoms with E-state index in [9.17, 15) is 5.11 Å². The number of aliphatic hydroxyl groups is 1. The summed E-state index contributed by atoms with van der Waals surface area (Å²) in [5.74, 6) is 2.34. The van der Waals surface area contributed by atoms with E-state index in [1.165, 1.54) is 0 Å². The number of aromatic amines is 1. The molecule has 0 spiro atoms. The fraction of sp³-hybridized carbons (Fsp3) is 0.421. The summed E-state index contributed by atoms with van der Waals surface area (Å²) in [4.78, 5) is 11.1. The van der Waals surface area contributed by atoms with E-state index >= 15 is 0 Å². The summed E-state index contributed by atoms with van der Waals surface area (Å²) in [5.41, 5.74) is 1.65. The van der Waals surface area contributed by atoms with Crippen molar-refractivity contribution < 1.29 is 14.6 Å². The second kappa shape index (κ2) is 8.51. The van der Waals surface area contributed by atoms with Crippen LogP contribution in [0.3, 0.4) is 0 Å². The van der Waals surface area contributed by atoms with E-state index in [1.807, 2.05) is 31.2 Å². The maximum atomic E-state index is 9.53. The first-order valence-electron chi connectivity index (χ1n) is 9.35. The molecule has 9 nitrogen and oxygen atoms in total. The van der Waals surface area contributed by atoms with Crippen molar-refractivity contribution in [1.82, 2.24) is 25.1 Å². The molecular weight excluding hydrogens is 360 g/mol. The van der Waals surface area contributed by atoms with Gasteiger partial charge in [-0.3, -0.25) is 10.00 Å². The molecule has 0 unspecified atom stereocenters. The smallest absolute Gasteiger partial charge is 0.156 e. The summed E-state index contributed by atoms with van der Waals surface area (Å²) >= 11 is 0. The zero-order valence-electron chi connectivity index (χ0n) is 15.8. The third-order valence-corrected chi connectivity index (χ3v) is 4.59. The summed E-state index contributed by atoms with van der Waals surface area (Å²) in [5, 5.41) is 20.6. The van der Waals surface area contributed by atoms with Gasteiger partial charge in [-0.15, -0.1) is 0 Å². The van der Waals surface area contributed by atoms with Gasteiger partial charge < -0.3 is 19.9 Å². The van der Waals surface area contributed by atoms with Crippen LogP contribution in [0.25, 0.3) is 10.9 Å². The molecule has 0 bridgehead atoms. The zero-order valence-corrected chi connectivity index (χ0v) is 15.8. The number of benzene rings is 1. The lowest BCUT2D eigenvalue weighted by Crippen LogP contribution is -2.38. The number of morpholine rings is 1. The molecule has 1 aromatic carbocycles. The van der Waals surface area contributed by atoms with Gasteiger partial charge in [0.2, 0.25) is 0 Å². The predicted octanol–water partition coefficient (Wildman–Crippen LogP) is 1.61. The van der Waals surface area contributed by atoms with Gasteiger partial charge in [-0.25, -0.2) is 9.97 Å². The number of aromatic nitrogens is 4. The third kappa shape index (κ3) is 4.38. The van der Waals surface area contributed by atoms with Gasteiger partial charge in [0.25, 0.3) is 0 Å².